The molecule has 2 aromatic rings. The lowest BCUT2D eigenvalue weighted by Crippen LogP contribution is -2.14. The van der Waals surface area contributed by atoms with E-state index in [4.69, 9.17) is 5.41 Å². The van der Waals surface area contributed by atoms with Gasteiger partial charge >= 0.3 is 5.97 Å². The highest BCUT2D eigenvalue weighted by molar-refractivity contribution is 5.91. The van der Waals surface area contributed by atoms with Crippen LogP contribution in [0.1, 0.15) is 10.4 Å². The Morgan fingerprint density at radius 3 is 2.40 bits per heavy atom. The van der Waals surface area contributed by atoms with Gasteiger partial charge in [0.15, 0.2) is 0 Å². The zero-order valence-electron chi connectivity index (χ0n) is 11.5. The SMILES string of the molecule is COC(=O)c1ccc(-c2ccccc2N(C)C=N)cc1. The first kappa shape index (κ1) is 13.8. The molecule has 0 radical (unpaired) electrons. The van der Waals surface area contributed by atoms with Crippen molar-refractivity contribution in [2.45, 2.75) is 0 Å². The molecule has 0 saturated carbocycles. The monoisotopic (exact) mass is 268 g/mol. The lowest BCUT2D eigenvalue weighted by Gasteiger charge is -2.17. The first-order chi connectivity index (χ1) is 9.67. The molecule has 0 fully saturated rings. The maximum absolute atomic E-state index is 11.4. The molecule has 2 aromatic carbocycles. The van der Waals surface area contributed by atoms with Crippen molar-refractivity contribution in [2.75, 3.05) is 19.1 Å². The fraction of sp³-hybridized carbons (Fsp3) is 0.125. The van der Waals surface area contributed by atoms with E-state index in [0.29, 0.717) is 5.56 Å². The van der Waals surface area contributed by atoms with Crippen LogP contribution in [0.15, 0.2) is 48.5 Å². The topological polar surface area (TPSA) is 53.4 Å². The normalized spacial score (nSPS) is 9.90. The predicted octanol–water partition coefficient (Wildman–Crippen LogP) is 3.18. The molecule has 0 unspecified atom stereocenters. The van der Waals surface area contributed by atoms with Crippen molar-refractivity contribution in [3.63, 3.8) is 0 Å². The minimum absolute atomic E-state index is 0.346. The van der Waals surface area contributed by atoms with Crippen LogP contribution in [0.4, 0.5) is 5.69 Å². The average molecular weight is 268 g/mol. The molecule has 0 atom stereocenters. The number of esters is 1. The largest absolute Gasteiger partial charge is 0.465 e. The van der Waals surface area contributed by atoms with Crippen molar-refractivity contribution in [1.82, 2.24) is 0 Å². The van der Waals surface area contributed by atoms with Gasteiger partial charge in [-0.3, -0.25) is 5.41 Å². The third-order valence-electron chi connectivity index (χ3n) is 3.09. The van der Waals surface area contributed by atoms with Crippen LogP contribution in [-0.4, -0.2) is 26.5 Å². The molecule has 102 valence electrons. The molecular weight excluding hydrogens is 252 g/mol. The van der Waals surface area contributed by atoms with Crippen molar-refractivity contribution in [3.05, 3.63) is 54.1 Å². The Morgan fingerprint density at radius 1 is 1.15 bits per heavy atom. The van der Waals surface area contributed by atoms with Gasteiger partial charge in [0.2, 0.25) is 0 Å². The van der Waals surface area contributed by atoms with Gasteiger partial charge in [0.05, 0.1) is 19.0 Å². The number of anilines is 1. The van der Waals surface area contributed by atoms with Crippen molar-refractivity contribution in [2.24, 2.45) is 0 Å². The molecule has 0 amide bonds. The Balaban J connectivity index is 2.42. The highest BCUT2D eigenvalue weighted by atomic mass is 16.5. The summed E-state index contributed by atoms with van der Waals surface area (Å²) in [5.41, 5.74) is 3.46. The maximum Gasteiger partial charge on any atom is 0.337 e. The Morgan fingerprint density at radius 2 is 1.80 bits per heavy atom. The molecule has 0 spiro atoms. The molecule has 0 aliphatic carbocycles. The molecule has 0 aliphatic heterocycles. The molecule has 0 aliphatic rings. The second kappa shape index (κ2) is 6.02. The van der Waals surface area contributed by atoms with Crippen LogP contribution in [0.2, 0.25) is 0 Å². The zero-order valence-corrected chi connectivity index (χ0v) is 11.5. The third-order valence-corrected chi connectivity index (χ3v) is 3.09. The van der Waals surface area contributed by atoms with Gasteiger partial charge in [-0.2, -0.15) is 0 Å². The van der Waals surface area contributed by atoms with Crippen molar-refractivity contribution >= 4 is 18.0 Å². The fourth-order valence-corrected chi connectivity index (χ4v) is 2.00. The van der Waals surface area contributed by atoms with E-state index in [0.717, 1.165) is 16.8 Å². The minimum atomic E-state index is -0.346. The lowest BCUT2D eigenvalue weighted by atomic mass is 10.0. The minimum Gasteiger partial charge on any atom is -0.465 e. The Hall–Kier alpha value is -2.62. The number of para-hydroxylation sites is 1. The first-order valence-electron chi connectivity index (χ1n) is 6.18. The predicted molar refractivity (Wildman–Crippen MR) is 80.4 cm³/mol. The lowest BCUT2D eigenvalue weighted by molar-refractivity contribution is 0.0601. The van der Waals surface area contributed by atoms with E-state index in [1.807, 2.05) is 43.4 Å². The van der Waals surface area contributed by atoms with Gasteiger partial charge in [-0.15, -0.1) is 0 Å². The standard InChI is InChI=1S/C16H16N2O2/c1-18(11-17)15-6-4-3-5-14(15)12-7-9-13(10-8-12)16(19)20-2/h3-11,17H,1-2H3. The van der Waals surface area contributed by atoms with Gasteiger partial charge in [-0.1, -0.05) is 30.3 Å². The van der Waals surface area contributed by atoms with E-state index in [-0.39, 0.29) is 5.97 Å². The number of methoxy groups -OCH3 is 1. The number of hydrogen-bond acceptors (Lipinski definition) is 3. The van der Waals surface area contributed by atoms with Crippen LogP contribution in [0.5, 0.6) is 0 Å². The third kappa shape index (κ3) is 2.69. The summed E-state index contributed by atoms with van der Waals surface area (Å²) in [5.74, 6) is -0.346. The Kier molecular flexibility index (Phi) is 4.15. The van der Waals surface area contributed by atoms with E-state index in [2.05, 4.69) is 4.74 Å². The molecule has 1 N–H and O–H groups in total. The van der Waals surface area contributed by atoms with Gasteiger partial charge in [0, 0.05) is 18.3 Å². The average Bonchev–Trinajstić information content (AvgIpc) is 2.53. The molecule has 2 rings (SSSR count). The van der Waals surface area contributed by atoms with Crippen LogP contribution >= 0.6 is 0 Å². The van der Waals surface area contributed by atoms with Crippen molar-refractivity contribution < 1.29 is 9.53 Å². The first-order valence-corrected chi connectivity index (χ1v) is 6.18. The molecule has 4 heteroatoms. The van der Waals surface area contributed by atoms with E-state index in [1.165, 1.54) is 13.4 Å². The van der Waals surface area contributed by atoms with Crippen LogP contribution < -0.4 is 4.90 Å². The number of rotatable bonds is 4. The zero-order chi connectivity index (χ0) is 14.5. The summed E-state index contributed by atoms with van der Waals surface area (Å²) < 4.78 is 4.68. The maximum atomic E-state index is 11.4. The highest BCUT2D eigenvalue weighted by Crippen LogP contribution is 2.29. The summed E-state index contributed by atoms with van der Waals surface area (Å²) in [6.45, 7) is 0. The Bertz CT molecular complexity index is 621. The quantitative estimate of drug-likeness (QED) is 0.526. The van der Waals surface area contributed by atoms with Crippen LogP contribution in [0.25, 0.3) is 11.1 Å². The molecule has 0 saturated heterocycles. The van der Waals surface area contributed by atoms with Crippen LogP contribution in [0, 0.1) is 5.41 Å². The number of benzene rings is 2. The number of ether oxygens (including phenoxy) is 1. The van der Waals surface area contributed by atoms with E-state index < -0.39 is 0 Å². The molecule has 0 heterocycles. The van der Waals surface area contributed by atoms with E-state index in [9.17, 15) is 4.79 Å². The van der Waals surface area contributed by atoms with Crippen LogP contribution in [-0.2, 0) is 4.74 Å². The van der Waals surface area contributed by atoms with Crippen LogP contribution in [0.3, 0.4) is 0 Å². The summed E-state index contributed by atoms with van der Waals surface area (Å²) in [6, 6.07) is 15.1. The molecule has 20 heavy (non-hydrogen) atoms. The summed E-state index contributed by atoms with van der Waals surface area (Å²) in [6.07, 6.45) is 1.27. The van der Waals surface area contributed by atoms with Gasteiger partial charge in [-0.25, -0.2) is 4.79 Å². The molecule has 4 nitrogen and oxygen atoms in total. The number of nitrogens with zero attached hydrogens (tertiary/aromatic N) is 1. The second-order valence-electron chi connectivity index (χ2n) is 4.33. The molecule has 0 bridgehead atoms. The Labute approximate surface area is 118 Å². The van der Waals surface area contributed by atoms with Crippen molar-refractivity contribution in [1.29, 1.82) is 5.41 Å². The number of nitrogens with one attached hydrogen (secondary N) is 1. The number of carbonyl (C=O) groups is 1. The van der Waals surface area contributed by atoms with Gasteiger partial charge in [0.1, 0.15) is 0 Å². The summed E-state index contributed by atoms with van der Waals surface area (Å²) >= 11 is 0. The van der Waals surface area contributed by atoms with Crippen molar-refractivity contribution in [3.8, 4) is 11.1 Å². The summed E-state index contributed by atoms with van der Waals surface area (Å²) in [4.78, 5) is 13.2. The van der Waals surface area contributed by atoms with Gasteiger partial charge < -0.3 is 9.64 Å². The summed E-state index contributed by atoms with van der Waals surface area (Å²) in [7, 11) is 3.19. The summed E-state index contributed by atoms with van der Waals surface area (Å²) in [5, 5.41) is 7.36. The molecule has 0 aromatic heterocycles. The van der Waals surface area contributed by atoms with Gasteiger partial charge in [0.25, 0.3) is 0 Å². The second-order valence-corrected chi connectivity index (χ2v) is 4.33. The number of hydrogen-bond donors (Lipinski definition) is 1. The van der Waals surface area contributed by atoms with E-state index in [1.54, 1.807) is 17.0 Å². The van der Waals surface area contributed by atoms with E-state index >= 15 is 0 Å². The highest BCUT2D eigenvalue weighted by Gasteiger charge is 2.09. The fourth-order valence-electron chi connectivity index (χ4n) is 2.00. The number of carbonyl (C=O) groups excluding carboxylic acids is 1. The smallest absolute Gasteiger partial charge is 0.337 e. The van der Waals surface area contributed by atoms with Gasteiger partial charge in [-0.05, 0) is 23.8 Å². The molecular formula is C16H16N2O2.